The van der Waals surface area contributed by atoms with Crippen LogP contribution in [0.4, 0.5) is 15.3 Å². The summed E-state index contributed by atoms with van der Waals surface area (Å²) in [6, 6.07) is 15.3. The van der Waals surface area contributed by atoms with Crippen LogP contribution in [0, 0.1) is 0 Å². The van der Waals surface area contributed by atoms with E-state index >= 15 is 0 Å². The van der Waals surface area contributed by atoms with Gasteiger partial charge in [0.15, 0.2) is 0 Å². The van der Waals surface area contributed by atoms with E-state index in [9.17, 15) is 9.59 Å². The van der Waals surface area contributed by atoms with Crippen molar-refractivity contribution in [3.63, 3.8) is 0 Å². The summed E-state index contributed by atoms with van der Waals surface area (Å²) in [4.78, 5) is 26.3. The van der Waals surface area contributed by atoms with Gasteiger partial charge in [0.2, 0.25) is 0 Å². The van der Waals surface area contributed by atoms with Crippen LogP contribution in [-0.4, -0.2) is 54.9 Å². The van der Waals surface area contributed by atoms with Gasteiger partial charge in [0, 0.05) is 32.7 Å². The molecule has 0 aliphatic carbocycles. The molecule has 0 saturated carbocycles. The fourth-order valence-corrected chi connectivity index (χ4v) is 3.51. The number of carboxylic acid groups (broad SMARTS) is 1. The molecule has 1 aliphatic rings. The summed E-state index contributed by atoms with van der Waals surface area (Å²) in [6.07, 6.45) is -0.707. The molecule has 3 rings (SSSR count). The quantitative estimate of drug-likeness (QED) is 0.750. The second-order valence-corrected chi connectivity index (χ2v) is 7.19. The summed E-state index contributed by atoms with van der Waals surface area (Å²) < 4.78 is 5.19. The third kappa shape index (κ3) is 6.02. The molecule has 8 heteroatoms. The number of hydrogen-bond donors (Lipinski definition) is 2. The number of anilines is 1. The SMILES string of the molecule is O=C(NCCc1ccc(N2CCN(C(=O)O)CC2)c(Cl)c1)OCc1ccccc1. The number of ether oxygens (including phenoxy) is 1. The third-order valence-corrected chi connectivity index (χ3v) is 5.10. The van der Waals surface area contributed by atoms with Gasteiger partial charge in [-0.2, -0.15) is 0 Å². The first-order valence-electron chi connectivity index (χ1n) is 9.49. The maximum absolute atomic E-state index is 11.8. The summed E-state index contributed by atoms with van der Waals surface area (Å²) >= 11 is 6.44. The van der Waals surface area contributed by atoms with Crippen LogP contribution < -0.4 is 10.2 Å². The van der Waals surface area contributed by atoms with Crippen LogP contribution in [0.3, 0.4) is 0 Å². The number of halogens is 1. The molecule has 0 spiro atoms. The molecule has 2 amide bonds. The molecule has 154 valence electrons. The Bertz CT molecular complexity index is 839. The second-order valence-electron chi connectivity index (χ2n) is 6.78. The lowest BCUT2D eigenvalue weighted by molar-refractivity contribution is 0.139. The molecule has 0 aromatic heterocycles. The zero-order chi connectivity index (χ0) is 20.6. The summed E-state index contributed by atoms with van der Waals surface area (Å²) in [5.41, 5.74) is 2.84. The van der Waals surface area contributed by atoms with Crippen molar-refractivity contribution in [2.75, 3.05) is 37.6 Å². The van der Waals surface area contributed by atoms with Crippen molar-refractivity contribution in [2.24, 2.45) is 0 Å². The van der Waals surface area contributed by atoms with Gasteiger partial charge in [-0.1, -0.05) is 48.0 Å². The molecule has 0 bridgehead atoms. The molecule has 2 aromatic carbocycles. The van der Waals surface area contributed by atoms with Gasteiger partial charge in [-0.25, -0.2) is 9.59 Å². The Hall–Kier alpha value is -2.93. The summed E-state index contributed by atoms with van der Waals surface area (Å²) in [5.74, 6) is 0. The fourth-order valence-electron chi connectivity index (χ4n) is 3.18. The topological polar surface area (TPSA) is 82.1 Å². The van der Waals surface area contributed by atoms with E-state index in [1.165, 1.54) is 4.90 Å². The zero-order valence-electron chi connectivity index (χ0n) is 16.0. The number of hydrogen-bond acceptors (Lipinski definition) is 4. The van der Waals surface area contributed by atoms with Crippen LogP contribution in [0.25, 0.3) is 0 Å². The molecule has 0 radical (unpaired) electrons. The van der Waals surface area contributed by atoms with E-state index in [1.807, 2.05) is 48.5 Å². The summed E-state index contributed by atoms with van der Waals surface area (Å²) in [5, 5.41) is 12.4. The minimum absolute atomic E-state index is 0.238. The van der Waals surface area contributed by atoms with E-state index in [0.29, 0.717) is 44.2 Å². The smallest absolute Gasteiger partial charge is 0.407 e. The Labute approximate surface area is 174 Å². The molecular formula is C21H24ClN3O4. The van der Waals surface area contributed by atoms with Crippen LogP contribution in [-0.2, 0) is 17.8 Å². The first-order chi connectivity index (χ1) is 14.0. The van der Waals surface area contributed by atoms with Gasteiger partial charge in [-0.3, -0.25) is 0 Å². The van der Waals surface area contributed by atoms with Crippen LogP contribution in [0.2, 0.25) is 5.02 Å². The number of alkyl carbamates (subject to hydrolysis) is 1. The first kappa shape index (κ1) is 20.8. The van der Waals surface area contributed by atoms with E-state index in [2.05, 4.69) is 10.2 Å². The molecule has 2 N–H and O–H groups in total. The molecule has 1 aliphatic heterocycles. The van der Waals surface area contributed by atoms with Crippen molar-refractivity contribution in [3.8, 4) is 0 Å². The number of amides is 2. The van der Waals surface area contributed by atoms with Crippen LogP contribution in [0.1, 0.15) is 11.1 Å². The number of nitrogens with zero attached hydrogens (tertiary/aromatic N) is 2. The highest BCUT2D eigenvalue weighted by molar-refractivity contribution is 6.33. The van der Waals surface area contributed by atoms with Crippen molar-refractivity contribution in [1.29, 1.82) is 0 Å². The number of piperazine rings is 1. The normalized spacial score (nSPS) is 13.8. The van der Waals surface area contributed by atoms with Gasteiger partial charge in [-0.15, -0.1) is 0 Å². The molecular weight excluding hydrogens is 394 g/mol. The van der Waals surface area contributed by atoms with Crippen molar-refractivity contribution in [3.05, 3.63) is 64.7 Å². The van der Waals surface area contributed by atoms with E-state index in [0.717, 1.165) is 16.8 Å². The van der Waals surface area contributed by atoms with Gasteiger partial charge in [0.25, 0.3) is 0 Å². The summed E-state index contributed by atoms with van der Waals surface area (Å²) in [6.45, 7) is 2.83. The molecule has 0 unspecified atom stereocenters. The molecule has 29 heavy (non-hydrogen) atoms. The number of carbonyl (C=O) groups excluding carboxylic acids is 1. The van der Waals surface area contributed by atoms with Crippen LogP contribution in [0.15, 0.2) is 48.5 Å². The third-order valence-electron chi connectivity index (χ3n) is 4.80. The fraction of sp³-hybridized carbons (Fsp3) is 0.333. The van der Waals surface area contributed by atoms with Gasteiger partial charge >= 0.3 is 12.2 Å². The molecule has 0 atom stereocenters. The van der Waals surface area contributed by atoms with Gasteiger partial charge < -0.3 is 25.0 Å². The number of carbonyl (C=O) groups is 2. The van der Waals surface area contributed by atoms with Gasteiger partial charge in [0.1, 0.15) is 6.61 Å². The number of rotatable bonds is 6. The Morgan fingerprint density at radius 2 is 1.76 bits per heavy atom. The highest BCUT2D eigenvalue weighted by atomic mass is 35.5. The van der Waals surface area contributed by atoms with Crippen LogP contribution >= 0.6 is 11.6 Å². The van der Waals surface area contributed by atoms with E-state index in [-0.39, 0.29) is 6.61 Å². The lowest BCUT2D eigenvalue weighted by Gasteiger charge is -2.35. The Balaban J connectivity index is 1.43. The zero-order valence-corrected chi connectivity index (χ0v) is 16.8. The minimum Gasteiger partial charge on any atom is -0.465 e. The maximum Gasteiger partial charge on any atom is 0.407 e. The summed E-state index contributed by atoms with van der Waals surface area (Å²) in [7, 11) is 0. The molecule has 1 fully saturated rings. The maximum atomic E-state index is 11.8. The van der Waals surface area contributed by atoms with Crippen molar-refractivity contribution >= 4 is 29.5 Å². The average molecular weight is 418 g/mol. The van der Waals surface area contributed by atoms with Crippen molar-refractivity contribution in [1.82, 2.24) is 10.2 Å². The molecule has 1 heterocycles. The Morgan fingerprint density at radius 1 is 1.03 bits per heavy atom. The number of nitrogens with one attached hydrogen (secondary N) is 1. The van der Waals surface area contributed by atoms with Gasteiger partial charge in [-0.05, 0) is 29.7 Å². The van der Waals surface area contributed by atoms with E-state index in [4.69, 9.17) is 21.4 Å². The predicted molar refractivity (Wildman–Crippen MR) is 112 cm³/mol. The second kappa shape index (κ2) is 10.0. The Kier molecular flexibility index (Phi) is 7.19. The van der Waals surface area contributed by atoms with Crippen LogP contribution in [0.5, 0.6) is 0 Å². The Morgan fingerprint density at radius 3 is 2.41 bits per heavy atom. The molecule has 2 aromatic rings. The van der Waals surface area contributed by atoms with E-state index in [1.54, 1.807) is 0 Å². The number of benzene rings is 2. The first-order valence-corrected chi connectivity index (χ1v) is 9.86. The minimum atomic E-state index is -0.888. The average Bonchev–Trinajstić information content (AvgIpc) is 2.73. The lowest BCUT2D eigenvalue weighted by atomic mass is 10.1. The lowest BCUT2D eigenvalue weighted by Crippen LogP contribution is -2.48. The largest absolute Gasteiger partial charge is 0.465 e. The van der Waals surface area contributed by atoms with Gasteiger partial charge in [0.05, 0.1) is 10.7 Å². The van der Waals surface area contributed by atoms with E-state index < -0.39 is 12.2 Å². The monoisotopic (exact) mass is 417 g/mol. The van der Waals surface area contributed by atoms with Crippen molar-refractivity contribution < 1.29 is 19.4 Å². The predicted octanol–water partition coefficient (Wildman–Crippen LogP) is 3.61. The molecule has 7 nitrogen and oxygen atoms in total. The highest BCUT2D eigenvalue weighted by Gasteiger charge is 2.21. The molecule has 1 saturated heterocycles. The van der Waals surface area contributed by atoms with Crippen molar-refractivity contribution in [2.45, 2.75) is 13.0 Å². The standard InChI is InChI=1S/C21H24ClN3O4/c22-18-14-16(6-7-19(18)24-10-12-25(13-11-24)21(27)28)8-9-23-20(26)29-15-17-4-2-1-3-5-17/h1-7,14H,8-13,15H2,(H,23,26)(H,27,28). The highest BCUT2D eigenvalue weighted by Crippen LogP contribution is 2.28.